The van der Waals surface area contributed by atoms with Gasteiger partial charge in [0.2, 0.25) is 10.0 Å². The van der Waals surface area contributed by atoms with Gasteiger partial charge in [-0.2, -0.15) is 0 Å². The van der Waals surface area contributed by atoms with E-state index in [9.17, 15) is 17.6 Å². The number of nitrogens with zero attached hydrogens (tertiary/aromatic N) is 2. The number of sulfonamides is 1. The second kappa shape index (κ2) is 7.53. The van der Waals surface area contributed by atoms with E-state index in [1.807, 2.05) is 0 Å². The molecule has 1 heterocycles. The third-order valence-corrected chi connectivity index (χ3v) is 5.40. The van der Waals surface area contributed by atoms with Crippen LogP contribution < -0.4 is 14.8 Å². The molecule has 0 spiro atoms. The number of hydrogen-bond acceptors (Lipinski definition) is 5. The fourth-order valence-corrected chi connectivity index (χ4v) is 3.56. The van der Waals surface area contributed by atoms with Gasteiger partial charge in [-0.3, -0.25) is 4.79 Å². The summed E-state index contributed by atoms with van der Waals surface area (Å²) in [6.07, 6.45) is 0. The van der Waals surface area contributed by atoms with Gasteiger partial charge in [0, 0.05) is 31.9 Å². The van der Waals surface area contributed by atoms with E-state index in [0.29, 0.717) is 26.2 Å². The molecule has 0 atom stereocenters. The molecule has 0 bridgehead atoms. The maximum atomic E-state index is 13.1. The molecule has 9 heteroatoms. The molecule has 1 aliphatic rings. The molecule has 1 aliphatic heterocycles. The lowest BCUT2D eigenvalue weighted by Gasteiger charge is -2.36. The highest BCUT2D eigenvalue weighted by Gasteiger charge is 2.25. The van der Waals surface area contributed by atoms with Gasteiger partial charge in [0.25, 0.3) is 5.91 Å². The fourth-order valence-electron chi connectivity index (χ4n) is 3.02. The molecule has 1 saturated heterocycles. The number of halogens is 1. The summed E-state index contributed by atoms with van der Waals surface area (Å²) in [4.78, 5) is 16.4. The number of ether oxygens (including phenoxy) is 1. The van der Waals surface area contributed by atoms with Crippen molar-refractivity contribution < 1.29 is 22.3 Å². The number of methoxy groups -OCH3 is 1. The van der Waals surface area contributed by atoms with Crippen molar-refractivity contribution >= 4 is 21.6 Å². The summed E-state index contributed by atoms with van der Waals surface area (Å²) in [6, 6.07) is 10.2. The Hall–Kier alpha value is -2.65. The van der Waals surface area contributed by atoms with Crippen molar-refractivity contribution in [2.75, 3.05) is 38.2 Å². The predicted octanol–water partition coefficient (Wildman–Crippen LogP) is 1.44. The number of nitrogens with two attached hydrogens (primary N) is 1. The minimum Gasteiger partial charge on any atom is -0.496 e. The Kier molecular flexibility index (Phi) is 5.33. The van der Waals surface area contributed by atoms with E-state index >= 15 is 0 Å². The van der Waals surface area contributed by atoms with Crippen LogP contribution in [0.15, 0.2) is 47.4 Å². The van der Waals surface area contributed by atoms with Gasteiger partial charge in [0.05, 0.1) is 17.6 Å². The summed E-state index contributed by atoms with van der Waals surface area (Å²) in [5.74, 6) is -0.334. The zero-order valence-electron chi connectivity index (χ0n) is 14.8. The number of piperazine rings is 1. The molecular weight excluding hydrogens is 373 g/mol. The first-order chi connectivity index (χ1) is 12.8. The molecule has 3 rings (SSSR count). The van der Waals surface area contributed by atoms with E-state index in [1.165, 1.54) is 37.4 Å². The van der Waals surface area contributed by atoms with Gasteiger partial charge in [0.1, 0.15) is 11.6 Å². The number of carbonyl (C=O) groups is 1. The number of primary sulfonamides is 1. The van der Waals surface area contributed by atoms with E-state index in [1.54, 1.807) is 17.0 Å². The van der Waals surface area contributed by atoms with E-state index < -0.39 is 10.0 Å². The van der Waals surface area contributed by atoms with E-state index in [2.05, 4.69) is 4.90 Å². The summed E-state index contributed by atoms with van der Waals surface area (Å²) in [7, 11) is -2.52. The molecule has 144 valence electrons. The molecule has 0 radical (unpaired) electrons. The average molecular weight is 393 g/mol. The molecular formula is C18H20FN3O4S. The summed E-state index contributed by atoms with van der Waals surface area (Å²) in [6.45, 7) is 2.04. The molecule has 2 aromatic carbocycles. The summed E-state index contributed by atoms with van der Waals surface area (Å²) >= 11 is 0. The van der Waals surface area contributed by atoms with Crippen molar-refractivity contribution in [2.45, 2.75) is 4.90 Å². The number of benzene rings is 2. The van der Waals surface area contributed by atoms with E-state index in [0.717, 1.165) is 5.69 Å². The normalized spacial score (nSPS) is 14.9. The molecule has 1 fully saturated rings. The number of anilines is 1. The zero-order valence-corrected chi connectivity index (χ0v) is 15.6. The maximum Gasteiger partial charge on any atom is 0.257 e. The molecule has 2 aromatic rings. The molecule has 0 unspecified atom stereocenters. The molecule has 2 N–H and O–H groups in total. The third-order valence-electron chi connectivity index (χ3n) is 4.49. The van der Waals surface area contributed by atoms with Crippen LogP contribution in [0.1, 0.15) is 10.4 Å². The average Bonchev–Trinajstić information content (AvgIpc) is 2.67. The molecule has 1 amide bonds. The zero-order chi connectivity index (χ0) is 19.6. The van der Waals surface area contributed by atoms with Gasteiger partial charge in [0.15, 0.2) is 0 Å². The summed E-state index contributed by atoms with van der Waals surface area (Å²) < 4.78 is 41.4. The van der Waals surface area contributed by atoms with Crippen LogP contribution in [0.25, 0.3) is 0 Å². The molecule has 0 aromatic heterocycles. The fraction of sp³-hybridized carbons (Fsp3) is 0.278. The summed E-state index contributed by atoms with van der Waals surface area (Å²) in [5, 5.41) is 5.16. The lowest BCUT2D eigenvalue weighted by Crippen LogP contribution is -2.48. The van der Waals surface area contributed by atoms with Crippen molar-refractivity contribution in [1.82, 2.24) is 4.90 Å². The van der Waals surface area contributed by atoms with Crippen LogP contribution >= 0.6 is 0 Å². The second-order valence-electron chi connectivity index (χ2n) is 6.16. The highest BCUT2D eigenvalue weighted by atomic mass is 32.2. The first-order valence-corrected chi connectivity index (χ1v) is 9.85. The molecule has 0 saturated carbocycles. The Morgan fingerprint density at radius 3 is 2.26 bits per heavy atom. The number of rotatable bonds is 4. The maximum absolute atomic E-state index is 13.1. The topological polar surface area (TPSA) is 92.9 Å². The Balaban J connectivity index is 1.76. The third kappa shape index (κ3) is 4.20. The quantitative estimate of drug-likeness (QED) is 0.849. The van der Waals surface area contributed by atoms with Crippen LogP contribution in [0.4, 0.5) is 10.1 Å². The monoisotopic (exact) mass is 393 g/mol. The van der Waals surface area contributed by atoms with Gasteiger partial charge in [-0.25, -0.2) is 17.9 Å². The molecule has 0 aliphatic carbocycles. The Labute approximate surface area is 157 Å². The Morgan fingerprint density at radius 2 is 1.70 bits per heavy atom. The van der Waals surface area contributed by atoms with Crippen molar-refractivity contribution in [2.24, 2.45) is 5.14 Å². The minimum absolute atomic E-state index is 0.142. The highest BCUT2D eigenvalue weighted by molar-refractivity contribution is 7.89. The first kappa shape index (κ1) is 19.1. The Morgan fingerprint density at radius 1 is 1.07 bits per heavy atom. The predicted molar refractivity (Wildman–Crippen MR) is 98.9 cm³/mol. The standard InChI is InChI=1S/C18H20FN3O4S/c1-26-17-7-6-15(27(20,24)25)12-16(17)18(23)22-10-8-21(9-11-22)14-4-2-13(19)3-5-14/h2-7,12H,8-11H2,1H3,(H2,20,24,25). The number of amides is 1. The minimum atomic E-state index is -3.93. The first-order valence-electron chi connectivity index (χ1n) is 8.30. The van der Waals surface area contributed by atoms with Crippen molar-refractivity contribution in [1.29, 1.82) is 0 Å². The smallest absolute Gasteiger partial charge is 0.257 e. The number of hydrogen-bond donors (Lipinski definition) is 1. The lowest BCUT2D eigenvalue weighted by atomic mass is 10.1. The largest absolute Gasteiger partial charge is 0.496 e. The Bertz CT molecular complexity index is 940. The van der Waals surface area contributed by atoms with Crippen molar-refractivity contribution in [3.63, 3.8) is 0 Å². The second-order valence-corrected chi connectivity index (χ2v) is 7.72. The van der Waals surface area contributed by atoms with Gasteiger partial charge in [-0.05, 0) is 42.5 Å². The van der Waals surface area contributed by atoms with E-state index in [4.69, 9.17) is 9.88 Å². The van der Waals surface area contributed by atoms with Crippen LogP contribution in [0.5, 0.6) is 5.75 Å². The molecule has 7 nitrogen and oxygen atoms in total. The SMILES string of the molecule is COc1ccc(S(N)(=O)=O)cc1C(=O)N1CCN(c2ccc(F)cc2)CC1. The van der Waals surface area contributed by atoms with Gasteiger partial charge < -0.3 is 14.5 Å². The number of carbonyl (C=O) groups excluding carboxylic acids is 1. The van der Waals surface area contributed by atoms with Crippen molar-refractivity contribution in [3.8, 4) is 5.75 Å². The van der Waals surface area contributed by atoms with E-state index in [-0.39, 0.29) is 27.9 Å². The van der Waals surface area contributed by atoms with Crippen LogP contribution in [-0.4, -0.2) is 52.5 Å². The van der Waals surface area contributed by atoms with Crippen LogP contribution in [-0.2, 0) is 10.0 Å². The summed E-state index contributed by atoms with van der Waals surface area (Å²) in [5.41, 5.74) is 1.04. The van der Waals surface area contributed by atoms with Gasteiger partial charge >= 0.3 is 0 Å². The van der Waals surface area contributed by atoms with Gasteiger partial charge in [-0.1, -0.05) is 0 Å². The lowest BCUT2D eigenvalue weighted by molar-refractivity contribution is 0.0743. The van der Waals surface area contributed by atoms with Crippen LogP contribution in [0, 0.1) is 5.82 Å². The van der Waals surface area contributed by atoms with Crippen LogP contribution in [0.3, 0.4) is 0 Å². The van der Waals surface area contributed by atoms with Crippen LogP contribution in [0.2, 0.25) is 0 Å². The molecule has 27 heavy (non-hydrogen) atoms. The van der Waals surface area contributed by atoms with Crippen molar-refractivity contribution in [3.05, 3.63) is 53.8 Å². The van der Waals surface area contributed by atoms with Gasteiger partial charge in [-0.15, -0.1) is 0 Å². The highest BCUT2D eigenvalue weighted by Crippen LogP contribution is 2.25.